The maximum atomic E-state index is 13.4. The van der Waals surface area contributed by atoms with Crippen LogP contribution < -0.4 is 5.32 Å². The molecule has 0 saturated heterocycles. The van der Waals surface area contributed by atoms with E-state index in [1.54, 1.807) is 0 Å². The van der Waals surface area contributed by atoms with Crippen molar-refractivity contribution >= 4 is 17.5 Å². The Balaban J connectivity index is 1.89. The van der Waals surface area contributed by atoms with Gasteiger partial charge in [0.25, 0.3) is 5.91 Å². The van der Waals surface area contributed by atoms with Gasteiger partial charge < -0.3 is 5.32 Å². The second-order valence-corrected chi connectivity index (χ2v) is 4.82. The van der Waals surface area contributed by atoms with E-state index in [4.69, 9.17) is 11.6 Å². The standard InChI is InChI=1S/C14H15ClFNO/c15-11-5-6-13(16)12(9-11)14(18)17-8-7-10-3-1-2-4-10/h3,5-6,9H,1-2,4,7-8H2,(H,17,18). The maximum Gasteiger partial charge on any atom is 0.254 e. The Bertz CT molecular complexity index is 485. The van der Waals surface area contributed by atoms with Gasteiger partial charge in [0.1, 0.15) is 5.82 Å². The second-order valence-electron chi connectivity index (χ2n) is 4.38. The number of hydrogen-bond donors (Lipinski definition) is 1. The van der Waals surface area contributed by atoms with Crippen LogP contribution in [0, 0.1) is 5.82 Å². The molecule has 1 aromatic rings. The normalized spacial score (nSPS) is 14.4. The molecule has 18 heavy (non-hydrogen) atoms. The van der Waals surface area contributed by atoms with Crippen molar-refractivity contribution in [3.05, 3.63) is 46.3 Å². The molecule has 2 rings (SSSR count). The maximum absolute atomic E-state index is 13.4. The van der Waals surface area contributed by atoms with E-state index in [1.165, 1.54) is 30.2 Å². The van der Waals surface area contributed by atoms with Crippen LogP contribution in [0.1, 0.15) is 36.0 Å². The highest BCUT2D eigenvalue weighted by atomic mass is 35.5. The van der Waals surface area contributed by atoms with Gasteiger partial charge in [0.05, 0.1) is 5.56 Å². The fourth-order valence-electron chi connectivity index (χ4n) is 2.07. The van der Waals surface area contributed by atoms with Crippen LogP contribution in [-0.2, 0) is 0 Å². The summed E-state index contributed by atoms with van der Waals surface area (Å²) >= 11 is 5.74. The molecule has 1 aliphatic rings. The summed E-state index contributed by atoms with van der Waals surface area (Å²) in [7, 11) is 0. The lowest BCUT2D eigenvalue weighted by molar-refractivity contribution is 0.0950. The first-order chi connectivity index (χ1) is 8.66. The first-order valence-electron chi connectivity index (χ1n) is 6.08. The Morgan fingerprint density at radius 2 is 2.28 bits per heavy atom. The molecule has 0 radical (unpaired) electrons. The topological polar surface area (TPSA) is 29.1 Å². The van der Waals surface area contributed by atoms with Crippen molar-refractivity contribution in [1.82, 2.24) is 5.32 Å². The first-order valence-corrected chi connectivity index (χ1v) is 6.46. The van der Waals surface area contributed by atoms with Gasteiger partial charge >= 0.3 is 0 Å². The van der Waals surface area contributed by atoms with Crippen molar-refractivity contribution in [2.24, 2.45) is 0 Å². The molecule has 4 heteroatoms. The summed E-state index contributed by atoms with van der Waals surface area (Å²) in [4.78, 5) is 11.8. The lowest BCUT2D eigenvalue weighted by atomic mass is 10.1. The Morgan fingerprint density at radius 1 is 1.44 bits per heavy atom. The average Bonchev–Trinajstić information content (AvgIpc) is 2.85. The third-order valence-electron chi connectivity index (χ3n) is 3.04. The number of carbonyl (C=O) groups excluding carboxylic acids is 1. The monoisotopic (exact) mass is 267 g/mol. The number of allylic oxidation sites excluding steroid dienone is 1. The summed E-state index contributed by atoms with van der Waals surface area (Å²) in [5, 5.41) is 3.08. The van der Waals surface area contributed by atoms with Gasteiger partial charge in [0.15, 0.2) is 0 Å². The molecular formula is C14H15ClFNO. The average molecular weight is 268 g/mol. The summed E-state index contributed by atoms with van der Waals surface area (Å²) in [5.74, 6) is -0.953. The minimum absolute atomic E-state index is 0.00269. The van der Waals surface area contributed by atoms with Gasteiger partial charge in [0, 0.05) is 11.6 Å². The van der Waals surface area contributed by atoms with Crippen molar-refractivity contribution in [3.8, 4) is 0 Å². The van der Waals surface area contributed by atoms with E-state index in [-0.39, 0.29) is 5.56 Å². The summed E-state index contributed by atoms with van der Waals surface area (Å²) in [6, 6.07) is 3.98. The molecule has 0 fully saturated rings. The van der Waals surface area contributed by atoms with E-state index in [1.807, 2.05) is 0 Å². The molecular weight excluding hydrogens is 253 g/mol. The number of hydrogen-bond acceptors (Lipinski definition) is 1. The molecule has 2 nitrogen and oxygen atoms in total. The van der Waals surface area contributed by atoms with Crippen LogP contribution in [0.5, 0.6) is 0 Å². The molecule has 1 aromatic carbocycles. The molecule has 1 N–H and O–H groups in total. The highest BCUT2D eigenvalue weighted by Gasteiger charge is 2.12. The fraction of sp³-hybridized carbons (Fsp3) is 0.357. The number of benzene rings is 1. The van der Waals surface area contributed by atoms with E-state index in [9.17, 15) is 9.18 Å². The lowest BCUT2D eigenvalue weighted by Gasteiger charge is -2.07. The number of halogens is 2. The number of carbonyl (C=O) groups is 1. The van der Waals surface area contributed by atoms with Crippen LogP contribution in [0.2, 0.25) is 5.02 Å². The molecule has 0 saturated carbocycles. The Kier molecular flexibility index (Phi) is 4.37. The predicted molar refractivity (Wildman–Crippen MR) is 70.3 cm³/mol. The summed E-state index contributed by atoms with van der Waals surface area (Å²) in [6.45, 7) is 0.538. The van der Waals surface area contributed by atoms with Crippen LogP contribution in [0.15, 0.2) is 29.8 Å². The summed E-state index contributed by atoms with van der Waals surface area (Å²) < 4.78 is 13.4. The largest absolute Gasteiger partial charge is 0.352 e. The van der Waals surface area contributed by atoms with Crippen LogP contribution in [0.25, 0.3) is 0 Å². The van der Waals surface area contributed by atoms with Gasteiger partial charge in [-0.05, 0) is 43.9 Å². The molecule has 0 spiro atoms. The van der Waals surface area contributed by atoms with Crippen molar-refractivity contribution in [2.45, 2.75) is 25.7 Å². The smallest absolute Gasteiger partial charge is 0.254 e. The first kappa shape index (κ1) is 13.1. The zero-order chi connectivity index (χ0) is 13.0. The fourth-order valence-corrected chi connectivity index (χ4v) is 2.24. The molecule has 96 valence electrons. The van der Waals surface area contributed by atoms with Crippen LogP contribution in [0.3, 0.4) is 0 Å². The second kappa shape index (κ2) is 6.01. The van der Waals surface area contributed by atoms with E-state index >= 15 is 0 Å². The summed E-state index contributed by atoms with van der Waals surface area (Å²) in [5.41, 5.74) is 1.38. The van der Waals surface area contributed by atoms with Crippen molar-refractivity contribution < 1.29 is 9.18 Å². The third-order valence-corrected chi connectivity index (χ3v) is 3.27. The third kappa shape index (κ3) is 3.33. The minimum atomic E-state index is -0.544. The molecule has 0 bridgehead atoms. The van der Waals surface area contributed by atoms with Gasteiger partial charge in [-0.15, -0.1) is 0 Å². The van der Waals surface area contributed by atoms with Gasteiger partial charge in [-0.2, -0.15) is 0 Å². The molecule has 0 unspecified atom stereocenters. The van der Waals surface area contributed by atoms with Crippen molar-refractivity contribution in [1.29, 1.82) is 0 Å². The van der Waals surface area contributed by atoms with Crippen LogP contribution in [-0.4, -0.2) is 12.5 Å². The van der Waals surface area contributed by atoms with E-state index in [0.29, 0.717) is 11.6 Å². The van der Waals surface area contributed by atoms with Crippen molar-refractivity contribution in [3.63, 3.8) is 0 Å². The predicted octanol–water partition coefficient (Wildman–Crippen LogP) is 3.71. The van der Waals surface area contributed by atoms with E-state index in [0.717, 1.165) is 19.3 Å². The Morgan fingerprint density at radius 3 is 3.00 bits per heavy atom. The van der Waals surface area contributed by atoms with Crippen LogP contribution >= 0.6 is 11.6 Å². The number of amides is 1. The van der Waals surface area contributed by atoms with Gasteiger partial charge in [0.2, 0.25) is 0 Å². The van der Waals surface area contributed by atoms with E-state index < -0.39 is 11.7 Å². The highest BCUT2D eigenvalue weighted by molar-refractivity contribution is 6.30. The Labute approximate surface area is 111 Å². The number of rotatable bonds is 4. The van der Waals surface area contributed by atoms with Crippen LogP contribution in [0.4, 0.5) is 4.39 Å². The zero-order valence-corrected chi connectivity index (χ0v) is 10.8. The summed E-state index contributed by atoms with van der Waals surface area (Å²) in [6.07, 6.45) is 6.50. The highest BCUT2D eigenvalue weighted by Crippen LogP contribution is 2.20. The molecule has 0 aliphatic heterocycles. The molecule has 0 heterocycles. The quantitative estimate of drug-likeness (QED) is 0.828. The van der Waals surface area contributed by atoms with Gasteiger partial charge in [-0.3, -0.25) is 4.79 Å². The molecule has 0 aromatic heterocycles. The molecule has 1 amide bonds. The minimum Gasteiger partial charge on any atom is -0.352 e. The zero-order valence-electron chi connectivity index (χ0n) is 10.0. The Hall–Kier alpha value is -1.35. The lowest BCUT2D eigenvalue weighted by Crippen LogP contribution is -2.25. The van der Waals surface area contributed by atoms with Crippen molar-refractivity contribution in [2.75, 3.05) is 6.54 Å². The van der Waals surface area contributed by atoms with E-state index in [2.05, 4.69) is 11.4 Å². The molecule has 0 atom stereocenters. The molecule has 1 aliphatic carbocycles. The van der Waals surface area contributed by atoms with Gasteiger partial charge in [-0.25, -0.2) is 4.39 Å². The van der Waals surface area contributed by atoms with Gasteiger partial charge in [-0.1, -0.05) is 23.3 Å². The SMILES string of the molecule is O=C(NCCC1=CCCC1)c1cc(Cl)ccc1F. The number of nitrogens with one attached hydrogen (secondary N) is 1.